The van der Waals surface area contributed by atoms with Crippen LogP contribution < -0.4 is 9.80 Å². The van der Waals surface area contributed by atoms with Crippen LogP contribution in [0.4, 0.5) is 60.5 Å². The zero-order valence-electron chi connectivity index (χ0n) is 45.4. The first-order valence-corrected chi connectivity index (χ1v) is 27.9. The second-order valence-corrected chi connectivity index (χ2v) is 21.1. The van der Waals surface area contributed by atoms with E-state index in [-0.39, 0.29) is 0 Å². The number of alkyl halides is 6. The normalized spacial score (nSPS) is 11.9. The average molecular weight is 1120 g/mol. The van der Waals surface area contributed by atoms with Gasteiger partial charge in [-0.1, -0.05) is 164 Å². The summed E-state index contributed by atoms with van der Waals surface area (Å²) in [4.78, 5) is 3.89. The lowest BCUT2D eigenvalue weighted by Gasteiger charge is -2.26. The number of fused-ring (bicyclic) bond motifs is 5. The number of anilines is 6. The summed E-state index contributed by atoms with van der Waals surface area (Å²) >= 11 is 0. The smallest absolute Gasteiger partial charge is 0.311 e. The zero-order chi connectivity index (χ0) is 57.8. The fourth-order valence-electron chi connectivity index (χ4n) is 12.0. The van der Waals surface area contributed by atoms with E-state index in [4.69, 9.17) is 0 Å². The topological polar surface area (TPSA) is 11.4 Å². The number of nitrogens with zero attached hydrogens (tertiary/aromatic N) is 3. The zero-order valence-corrected chi connectivity index (χ0v) is 45.4. The summed E-state index contributed by atoms with van der Waals surface area (Å²) in [6, 6.07) is 95.6. The van der Waals surface area contributed by atoms with Gasteiger partial charge in [-0.15, -0.1) is 0 Å². The monoisotopic (exact) mass is 1120 g/mol. The second-order valence-electron chi connectivity index (χ2n) is 21.1. The summed E-state index contributed by atoms with van der Waals surface area (Å²) in [6.45, 7) is 0. The maximum atomic E-state index is 13.7. The molecule has 3 nitrogen and oxygen atoms in total. The van der Waals surface area contributed by atoms with Gasteiger partial charge in [0.1, 0.15) is 0 Å². The molecule has 0 fully saturated rings. The minimum absolute atomic E-state index is 0.593. The van der Waals surface area contributed by atoms with E-state index in [1.165, 1.54) is 62.5 Å². The Kier molecular flexibility index (Phi) is 13.1. The fourth-order valence-corrected chi connectivity index (χ4v) is 12.0. The van der Waals surface area contributed by atoms with Gasteiger partial charge in [0.15, 0.2) is 0 Å². The third-order valence-corrected chi connectivity index (χ3v) is 16.0. The molecule has 0 atom stereocenters. The molecule has 0 amide bonds. The summed E-state index contributed by atoms with van der Waals surface area (Å²) in [5, 5.41) is 6.77. The van der Waals surface area contributed by atoms with Crippen molar-refractivity contribution in [3.63, 3.8) is 0 Å². The van der Waals surface area contributed by atoms with Crippen molar-refractivity contribution in [3.05, 3.63) is 308 Å². The molecule has 0 radical (unpaired) electrons. The predicted octanol–water partition coefficient (Wildman–Crippen LogP) is 22.7. The molecule has 0 N–H and O–H groups in total. The van der Waals surface area contributed by atoms with Gasteiger partial charge in [-0.05, 0) is 200 Å². The SMILES string of the molecule is FC(F)(F)c1ccc(N(c2ccccc2)c2ccc(-c3ccc4c(c3)c3cc(-c5ccc(N(c6ccccc6)c6ccc(C(F)(F)F)cc6)cc5)ccc3n4-c3ccc(-c4c5ccccc5c(-c5ccccc5)c5ccccc45)cc3)cc2)cc1. The van der Waals surface area contributed by atoms with Crippen LogP contribution in [0.25, 0.3) is 93.5 Å². The molecular formula is C76H49F6N3. The Hall–Kier alpha value is -10.6. The van der Waals surface area contributed by atoms with Gasteiger partial charge in [-0.3, -0.25) is 0 Å². The molecule has 0 saturated heterocycles. The number of hydrogen-bond donors (Lipinski definition) is 0. The molecule has 9 heteroatoms. The minimum Gasteiger partial charge on any atom is -0.311 e. The number of benzene rings is 13. The Balaban J connectivity index is 0.880. The van der Waals surface area contributed by atoms with Gasteiger partial charge in [0, 0.05) is 50.6 Å². The molecule has 13 aromatic carbocycles. The van der Waals surface area contributed by atoms with Crippen molar-refractivity contribution in [3.8, 4) is 50.2 Å². The molecule has 0 saturated carbocycles. The predicted molar refractivity (Wildman–Crippen MR) is 337 cm³/mol. The standard InChI is InChI=1S/C76H49F6N3/c77-75(78,79)56-32-42-62(43-33-56)83(58-16-6-2-7-17-58)60-36-24-50(25-37-60)54-30-46-71-69(48-54)70-49-55(51-26-38-61(39-27-51)84(59-18-8-3-9-19-59)63-44-34-57(35-45-63)76(80,81)82)31-47-72(70)85(71)64-40-28-53(29-41-64)74-67-22-12-10-20-65(67)73(52-14-4-1-5-15-52)66-21-11-13-23-68(66)74/h1-49H. The van der Waals surface area contributed by atoms with Gasteiger partial charge >= 0.3 is 12.4 Å². The highest BCUT2D eigenvalue weighted by Crippen LogP contribution is 2.46. The number of aromatic nitrogens is 1. The van der Waals surface area contributed by atoms with E-state index in [1.54, 1.807) is 0 Å². The molecule has 0 unspecified atom stereocenters. The van der Waals surface area contributed by atoms with Crippen LogP contribution in [0.1, 0.15) is 11.1 Å². The molecule has 14 rings (SSSR count). The lowest BCUT2D eigenvalue weighted by atomic mass is 9.86. The van der Waals surface area contributed by atoms with Crippen LogP contribution in [0.3, 0.4) is 0 Å². The average Bonchev–Trinajstić information content (AvgIpc) is 3.20. The molecule has 0 spiro atoms. The Labute approximate surface area is 486 Å². The van der Waals surface area contributed by atoms with E-state index >= 15 is 0 Å². The molecule has 1 heterocycles. The van der Waals surface area contributed by atoms with E-state index in [0.717, 1.165) is 102 Å². The van der Waals surface area contributed by atoms with Crippen molar-refractivity contribution in [1.82, 2.24) is 4.57 Å². The van der Waals surface area contributed by atoms with Crippen LogP contribution in [0.5, 0.6) is 0 Å². The largest absolute Gasteiger partial charge is 0.416 e. The van der Waals surface area contributed by atoms with E-state index in [2.05, 4.69) is 138 Å². The Morgan fingerprint density at radius 1 is 0.235 bits per heavy atom. The first-order valence-electron chi connectivity index (χ1n) is 27.9. The van der Waals surface area contributed by atoms with Crippen molar-refractivity contribution < 1.29 is 26.3 Å². The van der Waals surface area contributed by atoms with Crippen molar-refractivity contribution in [2.45, 2.75) is 12.4 Å². The quantitative estimate of drug-likeness (QED) is 0.0945. The van der Waals surface area contributed by atoms with Crippen LogP contribution in [0, 0.1) is 0 Å². The van der Waals surface area contributed by atoms with Crippen LogP contribution in [-0.2, 0) is 12.4 Å². The van der Waals surface area contributed by atoms with E-state index in [1.807, 2.05) is 125 Å². The van der Waals surface area contributed by atoms with E-state index < -0.39 is 23.5 Å². The van der Waals surface area contributed by atoms with E-state index in [0.29, 0.717) is 11.4 Å². The molecule has 0 bridgehead atoms. The number of halogens is 6. The highest BCUT2D eigenvalue weighted by molar-refractivity contribution is 6.21. The van der Waals surface area contributed by atoms with Crippen molar-refractivity contribution in [1.29, 1.82) is 0 Å². The lowest BCUT2D eigenvalue weighted by molar-refractivity contribution is -0.138. The molecule has 0 aliphatic rings. The van der Waals surface area contributed by atoms with Crippen molar-refractivity contribution in [2.75, 3.05) is 9.80 Å². The number of rotatable bonds is 11. The Morgan fingerprint density at radius 3 is 0.871 bits per heavy atom. The van der Waals surface area contributed by atoms with Gasteiger partial charge < -0.3 is 14.4 Å². The third-order valence-electron chi connectivity index (χ3n) is 16.0. The second kappa shape index (κ2) is 21.3. The van der Waals surface area contributed by atoms with Gasteiger partial charge in [0.2, 0.25) is 0 Å². The summed E-state index contributed by atoms with van der Waals surface area (Å²) in [5.41, 5.74) is 14.4. The molecule has 0 aliphatic carbocycles. The summed E-state index contributed by atoms with van der Waals surface area (Å²) in [5.74, 6) is 0. The molecule has 85 heavy (non-hydrogen) atoms. The van der Waals surface area contributed by atoms with Crippen LogP contribution in [0.15, 0.2) is 297 Å². The maximum absolute atomic E-state index is 13.7. The third kappa shape index (κ3) is 9.79. The highest BCUT2D eigenvalue weighted by atomic mass is 19.4. The molecule has 1 aromatic heterocycles. The van der Waals surface area contributed by atoms with Gasteiger partial charge in [-0.2, -0.15) is 26.3 Å². The number of hydrogen-bond acceptors (Lipinski definition) is 2. The first kappa shape index (κ1) is 52.4. The van der Waals surface area contributed by atoms with Gasteiger partial charge in [0.25, 0.3) is 0 Å². The first-order chi connectivity index (χ1) is 41.4. The molecule has 0 aliphatic heterocycles. The minimum atomic E-state index is -4.46. The Bertz CT molecular complexity index is 4470. The summed E-state index contributed by atoms with van der Waals surface area (Å²) in [7, 11) is 0. The van der Waals surface area contributed by atoms with Gasteiger partial charge in [0.05, 0.1) is 22.2 Å². The number of para-hydroxylation sites is 2. The van der Waals surface area contributed by atoms with Crippen molar-refractivity contribution in [2.24, 2.45) is 0 Å². The Morgan fingerprint density at radius 2 is 0.518 bits per heavy atom. The fraction of sp³-hybridized carbons (Fsp3) is 0.0263. The van der Waals surface area contributed by atoms with Crippen LogP contribution >= 0.6 is 0 Å². The van der Waals surface area contributed by atoms with Gasteiger partial charge in [-0.25, -0.2) is 0 Å². The lowest BCUT2D eigenvalue weighted by Crippen LogP contribution is -2.11. The molecule has 410 valence electrons. The summed E-state index contributed by atoms with van der Waals surface area (Å²) < 4.78 is 84.4. The van der Waals surface area contributed by atoms with Crippen LogP contribution in [-0.4, -0.2) is 4.57 Å². The van der Waals surface area contributed by atoms with E-state index in [9.17, 15) is 26.3 Å². The highest BCUT2D eigenvalue weighted by Gasteiger charge is 2.32. The molecular weight excluding hydrogens is 1070 g/mol. The molecule has 14 aromatic rings. The maximum Gasteiger partial charge on any atom is 0.416 e. The van der Waals surface area contributed by atoms with Crippen molar-refractivity contribution >= 4 is 77.5 Å². The van der Waals surface area contributed by atoms with Crippen LogP contribution in [0.2, 0.25) is 0 Å². The summed E-state index contributed by atoms with van der Waals surface area (Å²) in [6.07, 6.45) is -8.92.